The summed E-state index contributed by atoms with van der Waals surface area (Å²) in [6.45, 7) is 0. The van der Waals surface area contributed by atoms with E-state index in [-0.39, 0.29) is 21.1 Å². The Kier molecular flexibility index (Phi) is 7.28. The van der Waals surface area contributed by atoms with Gasteiger partial charge >= 0.3 is 21.1 Å². The largest absolute Gasteiger partial charge is 2.00 e. The van der Waals surface area contributed by atoms with E-state index in [2.05, 4.69) is 81.2 Å². The molecule has 226 valence electrons. The first-order chi connectivity index (χ1) is 22.8. The van der Waals surface area contributed by atoms with Crippen LogP contribution in [0.25, 0.3) is 49.6 Å². The number of pyridine rings is 2. The number of ether oxygens (including phenoxy) is 1. The Morgan fingerprint density at radius 3 is 2.19 bits per heavy atom. The van der Waals surface area contributed by atoms with Gasteiger partial charge in [-0.05, 0) is 53.2 Å². The van der Waals surface area contributed by atoms with Gasteiger partial charge in [-0.3, -0.25) is 0 Å². The number of para-hydroxylation sites is 3. The molecule has 0 atom stereocenters. The number of fused-ring (bicyclic) bond motifs is 6. The van der Waals surface area contributed by atoms with Crippen LogP contribution in [0.5, 0.6) is 11.6 Å². The molecule has 4 heterocycles. The molecule has 0 saturated heterocycles. The minimum absolute atomic E-state index is 0. The van der Waals surface area contributed by atoms with Gasteiger partial charge in [-0.2, -0.15) is 6.07 Å². The van der Waals surface area contributed by atoms with Crippen LogP contribution in [0.1, 0.15) is 0 Å². The molecule has 47 heavy (non-hydrogen) atoms. The first-order valence-electron chi connectivity index (χ1n) is 15.0. The second kappa shape index (κ2) is 11.9. The third-order valence-electron chi connectivity index (χ3n) is 8.14. The molecular formula is C40H24N4O2Pt. The molecule has 0 aliphatic rings. The molecule has 0 saturated carbocycles. The molecule has 0 bridgehead atoms. The summed E-state index contributed by atoms with van der Waals surface area (Å²) >= 11 is 0. The van der Waals surface area contributed by atoms with E-state index < -0.39 is 0 Å². The standard InChI is InChI=1S/C40H24N4O2.Pt/c1-2-12-27(13-3-1)43(28-20-21-31-30-14-4-6-16-33(30)44(34(31)24-28)38-18-8-10-22-41-38)35-25-29(45-39-19-9-11-23-42-39)26-37-40(35)32-15-5-7-17-36(32)46-37;/h1-23,26H;/q-2;+2. The summed E-state index contributed by atoms with van der Waals surface area (Å²) in [6.07, 6.45) is 3.52. The zero-order valence-corrected chi connectivity index (χ0v) is 27.1. The number of nitrogens with zero attached hydrogens (tertiary/aromatic N) is 4. The van der Waals surface area contributed by atoms with Crippen LogP contribution in [0.2, 0.25) is 0 Å². The average Bonchev–Trinajstić information content (AvgIpc) is 3.65. The summed E-state index contributed by atoms with van der Waals surface area (Å²) in [4.78, 5) is 11.3. The van der Waals surface area contributed by atoms with Gasteiger partial charge < -0.3 is 18.6 Å². The van der Waals surface area contributed by atoms with Gasteiger partial charge in [-0.15, -0.1) is 23.6 Å². The minimum atomic E-state index is 0. The number of anilines is 3. The SMILES string of the molecule is [Pt+2].[c-]1c(Oc2ccccn2)cc2oc3ccccc3c2c1N(c1[c-]c2c(cc1)c1ccccc1n2-c1ccccn1)c1ccccc1. The Balaban J connectivity index is 0.00000324. The summed E-state index contributed by atoms with van der Waals surface area (Å²) in [6, 6.07) is 51.8. The van der Waals surface area contributed by atoms with E-state index >= 15 is 0 Å². The first-order valence-corrected chi connectivity index (χ1v) is 15.0. The predicted octanol–water partition coefficient (Wildman–Crippen LogP) is 10.3. The normalized spacial score (nSPS) is 11.2. The van der Waals surface area contributed by atoms with Crippen LogP contribution in [0.15, 0.2) is 150 Å². The molecule has 9 rings (SSSR count). The topological polar surface area (TPSA) is 56.3 Å². The third-order valence-corrected chi connectivity index (χ3v) is 8.14. The van der Waals surface area contributed by atoms with Gasteiger partial charge in [-0.1, -0.05) is 95.1 Å². The van der Waals surface area contributed by atoms with E-state index in [0.29, 0.717) is 17.2 Å². The number of hydrogen-bond acceptors (Lipinski definition) is 5. The zero-order valence-electron chi connectivity index (χ0n) is 24.8. The molecule has 0 N–H and O–H groups in total. The molecule has 0 aliphatic heterocycles. The van der Waals surface area contributed by atoms with Crippen molar-refractivity contribution in [3.63, 3.8) is 0 Å². The van der Waals surface area contributed by atoms with Gasteiger partial charge in [-0.25, -0.2) is 9.97 Å². The first kappa shape index (κ1) is 28.7. The van der Waals surface area contributed by atoms with Crippen molar-refractivity contribution < 1.29 is 30.2 Å². The smallest absolute Gasteiger partial charge is 0.483 e. The van der Waals surface area contributed by atoms with Crippen molar-refractivity contribution in [3.8, 4) is 17.4 Å². The maximum Gasteiger partial charge on any atom is 2.00 e. The Labute approximate surface area is 284 Å². The average molecular weight is 788 g/mol. The van der Waals surface area contributed by atoms with Gasteiger partial charge in [0.25, 0.3) is 0 Å². The van der Waals surface area contributed by atoms with E-state index in [1.807, 2.05) is 85.1 Å². The number of aromatic nitrogens is 3. The van der Waals surface area contributed by atoms with Crippen LogP contribution in [0.3, 0.4) is 0 Å². The van der Waals surface area contributed by atoms with Gasteiger partial charge in [0.2, 0.25) is 5.88 Å². The van der Waals surface area contributed by atoms with Gasteiger partial charge in [0.15, 0.2) is 0 Å². The molecule has 6 nitrogen and oxygen atoms in total. The van der Waals surface area contributed by atoms with E-state index in [9.17, 15) is 0 Å². The van der Waals surface area contributed by atoms with E-state index in [1.165, 1.54) is 0 Å². The number of benzene rings is 5. The third kappa shape index (κ3) is 4.94. The molecular weight excluding hydrogens is 764 g/mol. The van der Waals surface area contributed by atoms with Crippen molar-refractivity contribution in [1.29, 1.82) is 0 Å². The molecule has 0 fully saturated rings. The fraction of sp³-hybridized carbons (Fsp3) is 0. The Bertz CT molecular complexity index is 2510. The van der Waals surface area contributed by atoms with Crippen LogP contribution in [-0.4, -0.2) is 14.5 Å². The predicted molar refractivity (Wildman–Crippen MR) is 183 cm³/mol. The van der Waals surface area contributed by atoms with Crippen molar-refractivity contribution in [2.24, 2.45) is 0 Å². The number of rotatable bonds is 6. The van der Waals surface area contributed by atoms with Crippen LogP contribution < -0.4 is 9.64 Å². The molecule has 7 heteroatoms. The van der Waals surface area contributed by atoms with Crippen LogP contribution in [0.4, 0.5) is 17.1 Å². The van der Waals surface area contributed by atoms with E-state index in [4.69, 9.17) is 14.1 Å². The molecule has 0 unspecified atom stereocenters. The van der Waals surface area contributed by atoms with Gasteiger partial charge in [0.05, 0.1) is 0 Å². The second-order valence-corrected chi connectivity index (χ2v) is 10.9. The molecule has 0 aliphatic carbocycles. The van der Waals surface area contributed by atoms with E-state index in [1.54, 1.807) is 6.20 Å². The van der Waals surface area contributed by atoms with Crippen molar-refractivity contribution in [2.75, 3.05) is 4.90 Å². The molecule has 4 aromatic heterocycles. The number of furan rings is 1. The summed E-state index contributed by atoms with van der Waals surface area (Å²) < 4.78 is 14.8. The van der Waals surface area contributed by atoms with Gasteiger partial charge in [0.1, 0.15) is 11.4 Å². The summed E-state index contributed by atoms with van der Waals surface area (Å²) in [5.41, 5.74) is 6.00. The Hall–Kier alpha value is -5.71. The van der Waals surface area contributed by atoms with Crippen LogP contribution >= 0.6 is 0 Å². The van der Waals surface area contributed by atoms with Crippen molar-refractivity contribution in [2.45, 2.75) is 0 Å². The molecule has 5 aromatic carbocycles. The van der Waals surface area contributed by atoms with Crippen molar-refractivity contribution >= 4 is 60.8 Å². The summed E-state index contributed by atoms with van der Waals surface area (Å²) in [5.74, 6) is 1.79. The minimum Gasteiger partial charge on any atom is -0.483 e. The van der Waals surface area contributed by atoms with Crippen molar-refractivity contribution in [1.82, 2.24) is 14.5 Å². The molecule has 9 aromatic rings. The summed E-state index contributed by atoms with van der Waals surface area (Å²) in [7, 11) is 0. The number of hydrogen-bond donors (Lipinski definition) is 0. The molecule has 0 radical (unpaired) electrons. The van der Waals surface area contributed by atoms with Gasteiger partial charge in [0, 0.05) is 41.0 Å². The maximum absolute atomic E-state index is 6.41. The quantitative estimate of drug-likeness (QED) is 0.157. The Morgan fingerprint density at radius 1 is 0.638 bits per heavy atom. The molecule has 0 spiro atoms. The zero-order chi connectivity index (χ0) is 30.5. The van der Waals surface area contributed by atoms with Crippen LogP contribution in [0, 0.1) is 12.1 Å². The molecule has 0 amide bonds. The maximum atomic E-state index is 6.41. The van der Waals surface area contributed by atoms with Crippen LogP contribution in [-0.2, 0) is 21.1 Å². The fourth-order valence-electron chi connectivity index (χ4n) is 6.19. The fourth-order valence-corrected chi connectivity index (χ4v) is 6.19. The second-order valence-electron chi connectivity index (χ2n) is 10.9. The monoisotopic (exact) mass is 787 g/mol. The van der Waals surface area contributed by atoms with E-state index in [0.717, 1.165) is 61.0 Å². The Morgan fingerprint density at radius 2 is 1.38 bits per heavy atom. The summed E-state index contributed by atoms with van der Waals surface area (Å²) in [5, 5.41) is 4.13. The van der Waals surface area contributed by atoms with Crippen molar-refractivity contribution in [3.05, 3.63) is 158 Å².